The van der Waals surface area contributed by atoms with Gasteiger partial charge in [-0.25, -0.2) is 9.59 Å². The number of carboxylic acid groups (broad SMARTS) is 2. The van der Waals surface area contributed by atoms with Crippen LogP contribution in [0.2, 0.25) is 0 Å². The molecule has 2 aromatic heterocycles. The molecule has 6 nitrogen and oxygen atoms in total. The van der Waals surface area contributed by atoms with Gasteiger partial charge in [-0.2, -0.15) is 0 Å². The Bertz CT molecular complexity index is 1050. The van der Waals surface area contributed by atoms with Gasteiger partial charge < -0.3 is 20.2 Å². The molecular formula is C18H13IN2O4. The van der Waals surface area contributed by atoms with Gasteiger partial charge in [0, 0.05) is 21.8 Å². The first kappa shape index (κ1) is 17.0. The number of carboxylic acids is 2. The molecule has 4 N–H and O–H groups in total. The molecule has 0 saturated carbocycles. The second-order valence-electron chi connectivity index (χ2n) is 5.24. The van der Waals surface area contributed by atoms with Gasteiger partial charge in [0.15, 0.2) is 0 Å². The molecule has 2 heterocycles. The smallest absolute Gasteiger partial charge is 0.353 e. The number of nitrogens with one attached hydrogen (secondary N) is 2. The maximum Gasteiger partial charge on any atom is 0.353 e. The van der Waals surface area contributed by atoms with Crippen molar-refractivity contribution in [3.8, 4) is 0 Å². The van der Waals surface area contributed by atoms with Crippen LogP contribution in [-0.4, -0.2) is 32.1 Å². The van der Waals surface area contributed by atoms with Crippen molar-refractivity contribution in [3.05, 3.63) is 69.6 Å². The van der Waals surface area contributed by atoms with E-state index < -0.39 is 11.9 Å². The summed E-state index contributed by atoms with van der Waals surface area (Å²) in [6, 6.07) is 16.6. The number of hydrogen-bond donors (Lipinski definition) is 4. The van der Waals surface area contributed by atoms with Gasteiger partial charge in [-0.05, 0) is 40.8 Å². The Morgan fingerprint density at radius 1 is 0.840 bits per heavy atom. The van der Waals surface area contributed by atoms with E-state index in [2.05, 4.69) is 9.97 Å². The highest BCUT2D eigenvalue weighted by Crippen LogP contribution is 2.23. The van der Waals surface area contributed by atoms with Gasteiger partial charge in [0.25, 0.3) is 0 Å². The van der Waals surface area contributed by atoms with Crippen LogP contribution in [0.25, 0.3) is 21.8 Å². The van der Waals surface area contributed by atoms with Crippen LogP contribution in [0.1, 0.15) is 21.0 Å². The topological polar surface area (TPSA) is 106 Å². The van der Waals surface area contributed by atoms with Crippen molar-refractivity contribution in [2.24, 2.45) is 0 Å². The number of rotatable bonds is 2. The molecule has 0 spiro atoms. The number of aromatic carboxylic acids is 2. The molecule has 0 aliphatic carbocycles. The Labute approximate surface area is 155 Å². The lowest BCUT2D eigenvalue weighted by atomic mass is 10.2. The average molecular weight is 448 g/mol. The fraction of sp³-hybridized carbons (Fsp3) is 0. The fourth-order valence-electron chi connectivity index (χ4n) is 2.44. The second kappa shape index (κ2) is 6.98. The van der Waals surface area contributed by atoms with Crippen LogP contribution < -0.4 is 0 Å². The Morgan fingerprint density at radius 2 is 1.48 bits per heavy atom. The van der Waals surface area contributed by atoms with Crippen molar-refractivity contribution in [3.63, 3.8) is 0 Å². The monoisotopic (exact) mass is 448 g/mol. The molecule has 0 saturated heterocycles. The zero-order chi connectivity index (χ0) is 18.0. The lowest BCUT2D eigenvalue weighted by Gasteiger charge is -1.87. The van der Waals surface area contributed by atoms with E-state index in [1.165, 1.54) is 0 Å². The third kappa shape index (κ3) is 3.50. The summed E-state index contributed by atoms with van der Waals surface area (Å²) in [5, 5.41) is 19.4. The Morgan fingerprint density at radius 3 is 2.08 bits per heavy atom. The molecule has 0 radical (unpaired) electrons. The van der Waals surface area contributed by atoms with Crippen LogP contribution in [0.15, 0.2) is 54.6 Å². The Hall–Kier alpha value is -2.81. The van der Waals surface area contributed by atoms with Crippen molar-refractivity contribution < 1.29 is 19.8 Å². The molecule has 0 fully saturated rings. The number of aromatic nitrogens is 2. The number of carbonyl (C=O) groups is 2. The van der Waals surface area contributed by atoms with E-state index in [-0.39, 0.29) is 11.4 Å². The molecule has 126 valence electrons. The molecule has 0 aliphatic heterocycles. The van der Waals surface area contributed by atoms with Crippen molar-refractivity contribution in [2.45, 2.75) is 0 Å². The molecular weight excluding hydrogens is 435 g/mol. The van der Waals surface area contributed by atoms with Gasteiger partial charge in [-0.3, -0.25) is 0 Å². The minimum absolute atomic E-state index is 0.233. The first-order valence-electron chi connectivity index (χ1n) is 7.28. The maximum absolute atomic E-state index is 10.8. The number of aromatic amines is 2. The van der Waals surface area contributed by atoms with Gasteiger partial charge >= 0.3 is 11.9 Å². The van der Waals surface area contributed by atoms with Crippen LogP contribution >= 0.6 is 22.6 Å². The molecule has 0 unspecified atom stereocenters. The average Bonchev–Trinajstić information content (AvgIpc) is 3.17. The highest BCUT2D eigenvalue weighted by molar-refractivity contribution is 14.1. The highest BCUT2D eigenvalue weighted by atomic mass is 127. The first-order chi connectivity index (χ1) is 12.0. The van der Waals surface area contributed by atoms with E-state index in [1.807, 2.05) is 71.1 Å². The minimum Gasteiger partial charge on any atom is -0.477 e. The summed E-state index contributed by atoms with van der Waals surface area (Å²) in [5.41, 5.74) is 2.22. The molecule has 0 atom stereocenters. The van der Waals surface area contributed by atoms with Crippen LogP contribution in [0, 0.1) is 3.57 Å². The molecule has 4 rings (SSSR count). The molecule has 25 heavy (non-hydrogen) atoms. The van der Waals surface area contributed by atoms with E-state index in [0.29, 0.717) is 0 Å². The first-order valence-corrected chi connectivity index (χ1v) is 8.36. The normalized spacial score (nSPS) is 10.4. The number of hydrogen-bond acceptors (Lipinski definition) is 2. The summed E-state index contributed by atoms with van der Waals surface area (Å²) in [6.45, 7) is 0. The summed E-state index contributed by atoms with van der Waals surface area (Å²) in [7, 11) is 0. The van der Waals surface area contributed by atoms with Crippen molar-refractivity contribution >= 4 is 56.3 Å². The Kier molecular flexibility index (Phi) is 4.75. The summed E-state index contributed by atoms with van der Waals surface area (Å²) in [5.74, 6) is -1.84. The molecule has 2 aromatic carbocycles. The number of para-hydroxylation sites is 2. The van der Waals surface area contributed by atoms with E-state index >= 15 is 0 Å². The van der Waals surface area contributed by atoms with E-state index in [1.54, 1.807) is 6.07 Å². The van der Waals surface area contributed by atoms with Crippen LogP contribution in [0.5, 0.6) is 0 Å². The van der Waals surface area contributed by atoms with E-state index in [9.17, 15) is 9.59 Å². The molecule has 0 bridgehead atoms. The largest absolute Gasteiger partial charge is 0.477 e. The van der Waals surface area contributed by atoms with Gasteiger partial charge in [0.2, 0.25) is 0 Å². The SMILES string of the molecule is O=C(O)c1[nH]c2ccccc2c1I.O=C(O)c1cc2ccccc2[nH]1. The molecule has 4 aromatic rings. The third-order valence-electron chi connectivity index (χ3n) is 3.62. The summed E-state index contributed by atoms with van der Waals surface area (Å²) >= 11 is 2.04. The van der Waals surface area contributed by atoms with E-state index in [4.69, 9.17) is 10.2 Å². The maximum atomic E-state index is 10.8. The van der Waals surface area contributed by atoms with Crippen LogP contribution in [0.3, 0.4) is 0 Å². The standard InChI is InChI=1S/C9H6INO2.C9H7NO2/c10-7-5-3-1-2-4-6(5)11-8(7)9(12)13;11-9(12)8-5-6-3-1-2-4-7(6)10-8/h1-4,11H,(H,12,13);1-5,10H,(H,11,12). The van der Waals surface area contributed by atoms with Crippen molar-refractivity contribution in [1.29, 1.82) is 0 Å². The number of halogens is 1. The van der Waals surface area contributed by atoms with Crippen molar-refractivity contribution in [1.82, 2.24) is 9.97 Å². The third-order valence-corrected chi connectivity index (χ3v) is 4.74. The van der Waals surface area contributed by atoms with Crippen LogP contribution in [-0.2, 0) is 0 Å². The zero-order valence-electron chi connectivity index (χ0n) is 12.8. The second-order valence-corrected chi connectivity index (χ2v) is 6.32. The fourth-order valence-corrected chi connectivity index (χ4v) is 3.28. The quantitative estimate of drug-likeness (QED) is 0.343. The number of fused-ring (bicyclic) bond motifs is 2. The van der Waals surface area contributed by atoms with E-state index in [0.717, 1.165) is 25.4 Å². The van der Waals surface area contributed by atoms with Gasteiger partial charge in [-0.1, -0.05) is 36.4 Å². The lowest BCUT2D eigenvalue weighted by molar-refractivity contribution is 0.0680. The predicted molar refractivity (Wildman–Crippen MR) is 103 cm³/mol. The summed E-state index contributed by atoms with van der Waals surface area (Å²) < 4.78 is 0.765. The number of H-pyrrole nitrogens is 2. The summed E-state index contributed by atoms with van der Waals surface area (Å²) in [4.78, 5) is 26.9. The molecule has 0 amide bonds. The minimum atomic E-state index is -0.925. The lowest BCUT2D eigenvalue weighted by Crippen LogP contribution is -1.97. The number of benzene rings is 2. The van der Waals surface area contributed by atoms with Gasteiger partial charge in [0.1, 0.15) is 11.4 Å². The summed E-state index contributed by atoms with van der Waals surface area (Å²) in [6.07, 6.45) is 0. The molecule has 7 heteroatoms. The van der Waals surface area contributed by atoms with Crippen LogP contribution in [0.4, 0.5) is 0 Å². The van der Waals surface area contributed by atoms with Gasteiger partial charge in [-0.15, -0.1) is 0 Å². The molecule has 0 aliphatic rings. The van der Waals surface area contributed by atoms with Crippen molar-refractivity contribution in [2.75, 3.05) is 0 Å². The predicted octanol–water partition coefficient (Wildman–Crippen LogP) is 4.34. The van der Waals surface area contributed by atoms with Gasteiger partial charge in [0.05, 0.1) is 3.57 Å². The zero-order valence-corrected chi connectivity index (χ0v) is 14.9. The highest BCUT2D eigenvalue weighted by Gasteiger charge is 2.13. The Balaban J connectivity index is 0.000000146.